The Balaban J connectivity index is 1.87. The SMILES string of the molecule is Nc1ncnc2c1ncn2CC1CCCNC1. The quantitative estimate of drug-likeness (QED) is 0.783. The molecule has 6 heteroatoms. The average Bonchev–Trinajstić information content (AvgIpc) is 2.76. The summed E-state index contributed by atoms with van der Waals surface area (Å²) in [6.45, 7) is 3.15. The highest BCUT2D eigenvalue weighted by Crippen LogP contribution is 2.18. The van der Waals surface area contributed by atoms with Gasteiger partial charge in [-0.3, -0.25) is 0 Å². The summed E-state index contributed by atoms with van der Waals surface area (Å²) in [7, 11) is 0. The fourth-order valence-corrected chi connectivity index (χ4v) is 2.39. The Hall–Kier alpha value is -1.69. The molecule has 17 heavy (non-hydrogen) atoms. The highest BCUT2D eigenvalue weighted by atomic mass is 15.1. The minimum atomic E-state index is 0.454. The summed E-state index contributed by atoms with van der Waals surface area (Å²) in [6.07, 6.45) is 5.81. The molecule has 0 aliphatic carbocycles. The Kier molecular flexibility index (Phi) is 2.64. The van der Waals surface area contributed by atoms with Gasteiger partial charge in [-0.2, -0.15) is 0 Å². The molecule has 0 spiro atoms. The molecule has 1 aliphatic rings. The fraction of sp³-hybridized carbons (Fsp3) is 0.545. The van der Waals surface area contributed by atoms with E-state index in [0.29, 0.717) is 17.3 Å². The maximum atomic E-state index is 5.76. The number of hydrogen-bond donors (Lipinski definition) is 2. The van der Waals surface area contributed by atoms with Crippen molar-refractivity contribution in [3.63, 3.8) is 0 Å². The lowest BCUT2D eigenvalue weighted by atomic mass is 10.00. The van der Waals surface area contributed by atoms with Gasteiger partial charge in [0.2, 0.25) is 0 Å². The summed E-state index contributed by atoms with van der Waals surface area (Å²) in [5, 5.41) is 3.42. The van der Waals surface area contributed by atoms with Gasteiger partial charge in [-0.15, -0.1) is 0 Å². The maximum Gasteiger partial charge on any atom is 0.165 e. The van der Waals surface area contributed by atoms with Crippen molar-refractivity contribution in [3.05, 3.63) is 12.7 Å². The second kappa shape index (κ2) is 4.29. The Morgan fingerprint density at radius 3 is 3.18 bits per heavy atom. The molecule has 0 amide bonds. The molecule has 3 rings (SSSR count). The lowest BCUT2D eigenvalue weighted by Gasteiger charge is -2.22. The Morgan fingerprint density at radius 1 is 1.41 bits per heavy atom. The van der Waals surface area contributed by atoms with Gasteiger partial charge in [-0.1, -0.05) is 0 Å². The minimum absolute atomic E-state index is 0.454. The second-order valence-corrected chi connectivity index (χ2v) is 4.54. The minimum Gasteiger partial charge on any atom is -0.382 e. The molecule has 0 radical (unpaired) electrons. The van der Waals surface area contributed by atoms with Gasteiger partial charge in [0.1, 0.15) is 11.8 Å². The third kappa shape index (κ3) is 1.95. The van der Waals surface area contributed by atoms with E-state index in [9.17, 15) is 0 Å². The number of nitrogens with one attached hydrogen (secondary N) is 1. The molecule has 3 heterocycles. The summed E-state index contributed by atoms with van der Waals surface area (Å²) in [5.41, 5.74) is 7.30. The first-order valence-electron chi connectivity index (χ1n) is 5.96. The van der Waals surface area contributed by atoms with Crippen LogP contribution in [0.15, 0.2) is 12.7 Å². The number of hydrogen-bond acceptors (Lipinski definition) is 5. The van der Waals surface area contributed by atoms with Crippen LogP contribution in [0.5, 0.6) is 0 Å². The smallest absolute Gasteiger partial charge is 0.165 e. The van der Waals surface area contributed by atoms with E-state index in [2.05, 4.69) is 24.8 Å². The molecule has 0 saturated carbocycles. The molecule has 0 aromatic carbocycles. The third-order valence-corrected chi connectivity index (χ3v) is 3.28. The van der Waals surface area contributed by atoms with Crippen LogP contribution in [0.1, 0.15) is 12.8 Å². The highest BCUT2D eigenvalue weighted by Gasteiger charge is 2.15. The Labute approximate surface area is 99.3 Å². The van der Waals surface area contributed by atoms with Gasteiger partial charge in [0.05, 0.1) is 6.33 Å². The number of nitrogen functional groups attached to an aromatic ring is 1. The first-order valence-corrected chi connectivity index (χ1v) is 5.96. The molecule has 1 saturated heterocycles. The van der Waals surface area contributed by atoms with Crippen LogP contribution in [0, 0.1) is 5.92 Å². The number of nitrogens with two attached hydrogens (primary N) is 1. The van der Waals surface area contributed by atoms with Gasteiger partial charge in [0, 0.05) is 6.54 Å². The Bertz CT molecular complexity index is 514. The zero-order chi connectivity index (χ0) is 11.7. The van der Waals surface area contributed by atoms with Crippen LogP contribution in [0.3, 0.4) is 0 Å². The predicted molar refractivity (Wildman–Crippen MR) is 65.3 cm³/mol. The van der Waals surface area contributed by atoms with Gasteiger partial charge < -0.3 is 15.6 Å². The van der Waals surface area contributed by atoms with E-state index in [1.54, 1.807) is 0 Å². The molecule has 1 unspecified atom stereocenters. The van der Waals surface area contributed by atoms with Crippen LogP contribution in [0.4, 0.5) is 5.82 Å². The molecule has 90 valence electrons. The van der Waals surface area contributed by atoms with Crippen LogP contribution in [0.2, 0.25) is 0 Å². The zero-order valence-electron chi connectivity index (χ0n) is 9.63. The summed E-state index contributed by atoms with van der Waals surface area (Å²) >= 11 is 0. The Morgan fingerprint density at radius 2 is 2.35 bits per heavy atom. The van der Waals surface area contributed by atoms with Gasteiger partial charge in [-0.05, 0) is 31.8 Å². The number of piperidine rings is 1. The van der Waals surface area contributed by atoms with Crippen LogP contribution >= 0.6 is 0 Å². The zero-order valence-corrected chi connectivity index (χ0v) is 9.63. The fourth-order valence-electron chi connectivity index (χ4n) is 2.39. The number of anilines is 1. The largest absolute Gasteiger partial charge is 0.382 e. The van der Waals surface area contributed by atoms with E-state index in [4.69, 9.17) is 5.73 Å². The molecule has 1 aliphatic heterocycles. The van der Waals surface area contributed by atoms with Gasteiger partial charge in [0.25, 0.3) is 0 Å². The number of imidazole rings is 1. The van der Waals surface area contributed by atoms with Crippen LogP contribution in [-0.4, -0.2) is 32.6 Å². The summed E-state index contributed by atoms with van der Waals surface area (Å²) in [6, 6.07) is 0. The van der Waals surface area contributed by atoms with Crippen LogP contribution in [0.25, 0.3) is 11.2 Å². The van der Waals surface area contributed by atoms with Crippen molar-refractivity contribution in [2.45, 2.75) is 19.4 Å². The lowest BCUT2D eigenvalue weighted by molar-refractivity contribution is 0.339. The molecule has 2 aromatic rings. The van der Waals surface area contributed by atoms with E-state index < -0.39 is 0 Å². The highest BCUT2D eigenvalue weighted by molar-refractivity contribution is 5.81. The molecule has 3 N–H and O–H groups in total. The lowest BCUT2D eigenvalue weighted by Crippen LogP contribution is -2.32. The summed E-state index contributed by atoms with van der Waals surface area (Å²) < 4.78 is 2.07. The second-order valence-electron chi connectivity index (χ2n) is 4.54. The normalized spacial score (nSPS) is 20.8. The van der Waals surface area contributed by atoms with Gasteiger partial charge >= 0.3 is 0 Å². The standard InChI is InChI=1S/C11H16N6/c12-10-9-11(15-6-14-10)17(7-16-9)5-8-2-1-3-13-4-8/h6-8,13H,1-5H2,(H2,12,14,15). The monoisotopic (exact) mass is 232 g/mol. The van der Waals surface area contributed by atoms with Crippen LogP contribution < -0.4 is 11.1 Å². The molecular weight excluding hydrogens is 216 g/mol. The van der Waals surface area contributed by atoms with Crippen molar-refractivity contribution < 1.29 is 0 Å². The number of rotatable bonds is 2. The average molecular weight is 232 g/mol. The summed E-state index contributed by atoms with van der Waals surface area (Å²) in [4.78, 5) is 12.5. The topological polar surface area (TPSA) is 81.7 Å². The van der Waals surface area contributed by atoms with Crippen molar-refractivity contribution in [2.24, 2.45) is 5.92 Å². The number of fused-ring (bicyclic) bond motifs is 1. The third-order valence-electron chi connectivity index (χ3n) is 3.28. The van der Waals surface area contributed by atoms with E-state index >= 15 is 0 Å². The number of aromatic nitrogens is 4. The van der Waals surface area contributed by atoms with E-state index in [1.807, 2.05) is 6.33 Å². The molecular formula is C11H16N6. The molecule has 1 fully saturated rings. The molecule has 1 atom stereocenters. The van der Waals surface area contributed by atoms with Crippen molar-refractivity contribution >= 4 is 17.0 Å². The maximum absolute atomic E-state index is 5.76. The van der Waals surface area contributed by atoms with Gasteiger partial charge in [-0.25, -0.2) is 15.0 Å². The van der Waals surface area contributed by atoms with E-state index in [0.717, 1.165) is 25.3 Å². The van der Waals surface area contributed by atoms with Crippen molar-refractivity contribution in [3.8, 4) is 0 Å². The van der Waals surface area contributed by atoms with Gasteiger partial charge in [0.15, 0.2) is 11.5 Å². The summed E-state index contributed by atoms with van der Waals surface area (Å²) in [5.74, 6) is 1.10. The van der Waals surface area contributed by atoms with Crippen molar-refractivity contribution in [1.29, 1.82) is 0 Å². The van der Waals surface area contributed by atoms with Crippen molar-refractivity contribution in [2.75, 3.05) is 18.8 Å². The van der Waals surface area contributed by atoms with E-state index in [1.165, 1.54) is 19.2 Å². The van der Waals surface area contributed by atoms with Crippen molar-refractivity contribution in [1.82, 2.24) is 24.8 Å². The molecule has 2 aromatic heterocycles. The molecule has 0 bridgehead atoms. The molecule has 6 nitrogen and oxygen atoms in total. The van der Waals surface area contributed by atoms with Crippen LogP contribution in [-0.2, 0) is 6.54 Å². The van der Waals surface area contributed by atoms with E-state index in [-0.39, 0.29) is 0 Å². The predicted octanol–water partition coefficient (Wildman–Crippen LogP) is 0.408. The first kappa shape index (κ1) is 10.5. The number of nitrogens with zero attached hydrogens (tertiary/aromatic N) is 4. The first-order chi connectivity index (χ1) is 8.34.